The molecule has 0 bridgehead atoms. The van der Waals surface area contributed by atoms with Crippen LogP contribution >= 0.6 is 11.6 Å². The predicted molar refractivity (Wildman–Crippen MR) is 91.4 cm³/mol. The van der Waals surface area contributed by atoms with Crippen molar-refractivity contribution >= 4 is 17.5 Å². The van der Waals surface area contributed by atoms with Crippen molar-refractivity contribution in [1.82, 2.24) is 10.3 Å². The van der Waals surface area contributed by atoms with Gasteiger partial charge in [0.05, 0.1) is 6.04 Å². The summed E-state index contributed by atoms with van der Waals surface area (Å²) in [5, 5.41) is 3.61. The molecule has 0 aliphatic carbocycles. The first-order valence-corrected chi connectivity index (χ1v) is 7.63. The van der Waals surface area contributed by atoms with Crippen LogP contribution in [0.4, 0.5) is 0 Å². The first-order valence-electron chi connectivity index (χ1n) is 7.25. The van der Waals surface area contributed by atoms with Gasteiger partial charge in [-0.15, -0.1) is 0 Å². The van der Waals surface area contributed by atoms with E-state index in [-0.39, 0.29) is 11.9 Å². The summed E-state index contributed by atoms with van der Waals surface area (Å²) in [6.07, 6.45) is 3.44. The smallest absolute Gasteiger partial charge is 0.252 e. The highest BCUT2D eigenvalue weighted by molar-refractivity contribution is 6.30. The molecule has 2 aromatic carbocycles. The molecule has 0 saturated heterocycles. The number of aromatic nitrogens is 1. The number of carbonyl (C=O) groups is 1. The number of benzene rings is 2. The van der Waals surface area contributed by atoms with Gasteiger partial charge in [0.25, 0.3) is 5.91 Å². The van der Waals surface area contributed by atoms with Crippen LogP contribution in [0.15, 0.2) is 79.1 Å². The lowest BCUT2D eigenvalue weighted by molar-refractivity contribution is 0.0943. The van der Waals surface area contributed by atoms with E-state index in [1.807, 2.05) is 42.5 Å². The molecule has 1 amide bonds. The normalized spacial score (nSPS) is 11.7. The zero-order valence-corrected chi connectivity index (χ0v) is 13.1. The number of amides is 1. The van der Waals surface area contributed by atoms with Crippen molar-refractivity contribution in [3.63, 3.8) is 0 Å². The molecule has 0 radical (unpaired) electrons. The Labute approximate surface area is 140 Å². The van der Waals surface area contributed by atoms with Gasteiger partial charge in [0.15, 0.2) is 0 Å². The number of hydrogen-bond acceptors (Lipinski definition) is 2. The molecule has 1 aromatic heterocycles. The van der Waals surface area contributed by atoms with Gasteiger partial charge in [0, 0.05) is 23.0 Å². The van der Waals surface area contributed by atoms with Crippen LogP contribution in [0, 0.1) is 0 Å². The molecule has 1 atom stereocenters. The highest BCUT2D eigenvalue weighted by atomic mass is 35.5. The molecule has 4 heteroatoms. The van der Waals surface area contributed by atoms with E-state index >= 15 is 0 Å². The Hall–Kier alpha value is -2.65. The van der Waals surface area contributed by atoms with Crippen LogP contribution in [0.3, 0.4) is 0 Å². The Morgan fingerprint density at radius 3 is 2.30 bits per heavy atom. The molecule has 0 spiro atoms. The number of carbonyl (C=O) groups excluding carboxylic acids is 1. The number of hydrogen-bond donors (Lipinski definition) is 1. The molecule has 0 aliphatic rings. The summed E-state index contributed by atoms with van der Waals surface area (Å²) in [5.41, 5.74) is 2.52. The molecule has 1 unspecified atom stereocenters. The van der Waals surface area contributed by atoms with Gasteiger partial charge in [0.2, 0.25) is 0 Å². The Balaban J connectivity index is 1.92. The third-order valence-electron chi connectivity index (χ3n) is 3.53. The van der Waals surface area contributed by atoms with E-state index in [1.54, 1.807) is 36.7 Å². The van der Waals surface area contributed by atoms with Crippen molar-refractivity contribution in [2.45, 2.75) is 6.04 Å². The lowest BCUT2D eigenvalue weighted by Crippen LogP contribution is -2.29. The summed E-state index contributed by atoms with van der Waals surface area (Å²) in [6.45, 7) is 0. The van der Waals surface area contributed by atoms with Gasteiger partial charge in [0.1, 0.15) is 0 Å². The summed E-state index contributed by atoms with van der Waals surface area (Å²) in [5.74, 6) is -0.168. The van der Waals surface area contributed by atoms with E-state index < -0.39 is 0 Å². The van der Waals surface area contributed by atoms with Crippen LogP contribution < -0.4 is 5.32 Å². The Morgan fingerprint density at radius 1 is 0.913 bits per heavy atom. The topological polar surface area (TPSA) is 42.0 Å². The summed E-state index contributed by atoms with van der Waals surface area (Å²) >= 11 is 5.97. The van der Waals surface area contributed by atoms with Gasteiger partial charge in [-0.1, -0.05) is 48.0 Å². The zero-order chi connectivity index (χ0) is 16.1. The average Bonchev–Trinajstić information content (AvgIpc) is 2.61. The maximum atomic E-state index is 12.6. The maximum absolute atomic E-state index is 12.6. The SMILES string of the molecule is O=C(NC(c1ccccc1)c1ccncc1)c1cccc(Cl)c1. The highest BCUT2D eigenvalue weighted by Gasteiger charge is 2.17. The Kier molecular flexibility index (Phi) is 4.69. The second-order valence-electron chi connectivity index (χ2n) is 5.11. The van der Waals surface area contributed by atoms with E-state index in [2.05, 4.69) is 10.3 Å². The highest BCUT2D eigenvalue weighted by Crippen LogP contribution is 2.22. The van der Waals surface area contributed by atoms with Crippen LogP contribution in [0.2, 0.25) is 5.02 Å². The maximum Gasteiger partial charge on any atom is 0.252 e. The van der Waals surface area contributed by atoms with E-state index in [1.165, 1.54) is 0 Å². The Bertz CT molecular complexity index is 751. The van der Waals surface area contributed by atoms with Gasteiger partial charge in [-0.3, -0.25) is 9.78 Å². The number of nitrogens with zero attached hydrogens (tertiary/aromatic N) is 1. The molecule has 3 aromatic rings. The summed E-state index contributed by atoms with van der Waals surface area (Å²) < 4.78 is 0. The molecule has 0 fully saturated rings. The van der Waals surface area contributed by atoms with E-state index in [0.717, 1.165) is 11.1 Å². The quantitative estimate of drug-likeness (QED) is 0.780. The van der Waals surface area contributed by atoms with Crippen molar-refractivity contribution < 1.29 is 4.79 Å². The monoisotopic (exact) mass is 322 g/mol. The lowest BCUT2D eigenvalue weighted by Gasteiger charge is -2.20. The molecular formula is C19H15ClN2O. The van der Waals surface area contributed by atoms with Gasteiger partial charge in [-0.05, 0) is 41.5 Å². The van der Waals surface area contributed by atoms with Crippen LogP contribution in [0.1, 0.15) is 27.5 Å². The Morgan fingerprint density at radius 2 is 1.61 bits per heavy atom. The summed E-state index contributed by atoms with van der Waals surface area (Å²) in [4.78, 5) is 16.6. The summed E-state index contributed by atoms with van der Waals surface area (Å²) in [7, 11) is 0. The fourth-order valence-electron chi connectivity index (χ4n) is 2.40. The van der Waals surface area contributed by atoms with Crippen molar-refractivity contribution in [3.05, 3.63) is 101 Å². The first-order chi connectivity index (χ1) is 11.2. The zero-order valence-electron chi connectivity index (χ0n) is 12.3. The fraction of sp³-hybridized carbons (Fsp3) is 0.0526. The van der Waals surface area contributed by atoms with Crippen molar-refractivity contribution in [2.24, 2.45) is 0 Å². The molecule has 1 heterocycles. The molecule has 0 aliphatic heterocycles. The van der Waals surface area contributed by atoms with Gasteiger partial charge in [-0.2, -0.15) is 0 Å². The fourth-order valence-corrected chi connectivity index (χ4v) is 2.59. The first kappa shape index (κ1) is 15.3. The molecule has 114 valence electrons. The minimum atomic E-state index is -0.245. The van der Waals surface area contributed by atoms with Gasteiger partial charge in [-0.25, -0.2) is 0 Å². The van der Waals surface area contributed by atoms with Gasteiger partial charge >= 0.3 is 0 Å². The molecular weight excluding hydrogens is 308 g/mol. The molecule has 0 saturated carbocycles. The third-order valence-corrected chi connectivity index (χ3v) is 3.77. The lowest BCUT2D eigenvalue weighted by atomic mass is 9.99. The standard InChI is InChI=1S/C19H15ClN2O/c20-17-8-4-7-16(13-17)19(23)22-18(14-5-2-1-3-6-14)15-9-11-21-12-10-15/h1-13,18H,(H,22,23). The van der Waals surface area contributed by atoms with Crippen molar-refractivity contribution in [2.75, 3.05) is 0 Å². The number of pyridine rings is 1. The minimum absolute atomic E-state index is 0.168. The van der Waals surface area contributed by atoms with Crippen LogP contribution in [-0.2, 0) is 0 Å². The predicted octanol–water partition coefficient (Wildman–Crippen LogP) is 4.25. The van der Waals surface area contributed by atoms with Crippen molar-refractivity contribution in [1.29, 1.82) is 0 Å². The molecule has 23 heavy (non-hydrogen) atoms. The van der Waals surface area contributed by atoms with Gasteiger partial charge < -0.3 is 5.32 Å². The van der Waals surface area contributed by atoms with Crippen LogP contribution in [-0.4, -0.2) is 10.9 Å². The second kappa shape index (κ2) is 7.07. The van der Waals surface area contributed by atoms with E-state index in [9.17, 15) is 4.79 Å². The molecule has 3 nitrogen and oxygen atoms in total. The van der Waals surface area contributed by atoms with E-state index in [0.29, 0.717) is 10.6 Å². The molecule has 3 rings (SSSR count). The largest absolute Gasteiger partial charge is 0.341 e. The number of nitrogens with one attached hydrogen (secondary N) is 1. The van der Waals surface area contributed by atoms with Crippen LogP contribution in [0.25, 0.3) is 0 Å². The number of rotatable bonds is 4. The molecule has 1 N–H and O–H groups in total. The second-order valence-corrected chi connectivity index (χ2v) is 5.54. The minimum Gasteiger partial charge on any atom is -0.341 e. The van der Waals surface area contributed by atoms with Crippen LogP contribution in [0.5, 0.6) is 0 Å². The third kappa shape index (κ3) is 3.76. The average molecular weight is 323 g/mol. The van der Waals surface area contributed by atoms with E-state index in [4.69, 9.17) is 11.6 Å². The van der Waals surface area contributed by atoms with Crippen molar-refractivity contribution in [3.8, 4) is 0 Å². The number of halogens is 1. The summed E-state index contributed by atoms with van der Waals surface area (Å²) in [6, 6.07) is 20.3.